The highest BCUT2D eigenvalue weighted by Gasteiger charge is 2.47. The number of hydrogen-bond donors (Lipinski definition) is 0. The Morgan fingerprint density at radius 2 is 0.825 bits per heavy atom. The Morgan fingerprint density at radius 3 is 1.48 bits per heavy atom. The number of benzene rings is 9. The molecule has 9 aromatic carbocycles. The molecule has 0 bridgehead atoms. The van der Waals surface area contributed by atoms with Crippen molar-refractivity contribution in [2.75, 3.05) is 4.90 Å². The molecular formula is C59H40N4. The van der Waals surface area contributed by atoms with E-state index >= 15 is 0 Å². The normalized spacial score (nSPS) is 12.9. The summed E-state index contributed by atoms with van der Waals surface area (Å²) in [7, 11) is 0. The fourth-order valence-electron chi connectivity index (χ4n) is 9.91. The number of hydrogen-bond acceptors (Lipinski definition) is 3. The monoisotopic (exact) mass is 804 g/mol. The second-order valence-electron chi connectivity index (χ2n) is 16.2. The van der Waals surface area contributed by atoms with Crippen LogP contribution in [-0.2, 0) is 5.41 Å². The molecule has 296 valence electrons. The highest BCUT2D eigenvalue weighted by molar-refractivity contribution is 6.10. The van der Waals surface area contributed by atoms with E-state index in [2.05, 4.69) is 240 Å². The van der Waals surface area contributed by atoms with Gasteiger partial charge in [-0.05, 0) is 81.9 Å². The largest absolute Gasteiger partial charge is 0.309 e. The topological polar surface area (TPSA) is 34.0 Å². The van der Waals surface area contributed by atoms with Gasteiger partial charge in [-0.3, -0.25) is 4.90 Å². The molecule has 0 fully saturated rings. The zero-order valence-electron chi connectivity index (χ0n) is 34.4. The summed E-state index contributed by atoms with van der Waals surface area (Å²) in [4.78, 5) is 13.2. The van der Waals surface area contributed by atoms with Gasteiger partial charge in [-0.25, -0.2) is 9.97 Å². The first-order valence-corrected chi connectivity index (χ1v) is 21.5. The molecule has 63 heavy (non-hydrogen) atoms. The molecule has 1 aliphatic heterocycles. The third kappa shape index (κ3) is 5.91. The second kappa shape index (κ2) is 15.0. The van der Waals surface area contributed by atoms with Crippen LogP contribution in [0.5, 0.6) is 0 Å². The van der Waals surface area contributed by atoms with Gasteiger partial charge in [0.1, 0.15) is 0 Å². The molecule has 1 aliphatic rings. The van der Waals surface area contributed by atoms with Crippen molar-refractivity contribution >= 4 is 39.1 Å². The van der Waals surface area contributed by atoms with Crippen molar-refractivity contribution in [1.82, 2.24) is 14.5 Å². The third-order valence-corrected chi connectivity index (χ3v) is 12.7. The molecule has 4 heteroatoms. The minimum absolute atomic E-state index is 0.608. The summed E-state index contributed by atoms with van der Waals surface area (Å²) in [5.74, 6) is 0.608. The number of nitrogens with zero attached hydrogens (tertiary/aromatic N) is 4. The Bertz CT molecular complexity index is 3340. The fraction of sp³-hybridized carbons (Fsp3) is 0.0169. The maximum absolute atomic E-state index is 5.46. The maximum Gasteiger partial charge on any atom is 0.235 e. The van der Waals surface area contributed by atoms with E-state index in [0.717, 1.165) is 61.8 Å². The molecule has 0 N–H and O–H groups in total. The molecule has 2 aromatic heterocycles. The van der Waals surface area contributed by atoms with Crippen LogP contribution in [0.3, 0.4) is 0 Å². The van der Waals surface area contributed by atoms with Crippen molar-refractivity contribution in [2.45, 2.75) is 5.41 Å². The average Bonchev–Trinajstić information content (AvgIpc) is 3.70. The average molecular weight is 805 g/mol. The van der Waals surface area contributed by atoms with Crippen LogP contribution >= 0.6 is 0 Å². The van der Waals surface area contributed by atoms with Crippen molar-refractivity contribution in [3.63, 3.8) is 0 Å². The predicted octanol–water partition coefficient (Wildman–Crippen LogP) is 14.7. The molecule has 0 saturated heterocycles. The summed E-state index contributed by atoms with van der Waals surface area (Å²) < 4.78 is 2.37. The van der Waals surface area contributed by atoms with E-state index < -0.39 is 5.41 Å². The molecule has 0 atom stereocenters. The van der Waals surface area contributed by atoms with Crippen LogP contribution in [0.4, 0.5) is 17.3 Å². The minimum atomic E-state index is -0.657. The first-order chi connectivity index (χ1) is 31.3. The zero-order valence-corrected chi connectivity index (χ0v) is 34.4. The van der Waals surface area contributed by atoms with E-state index in [1.807, 2.05) is 12.1 Å². The standard InChI is InChI=1S/C59H40N4/c1-6-20-41(21-7-1)52-40-53(42-22-8-2-9-23-42)61-58(60-52)63-56-33-19-17-31-50(56)59(45-24-10-3-11-25-45,46-26-12-4-13-27-46)51-36-34-44(39-57(51)63)43-35-37-55-49(38-43)48-30-16-18-32-54(48)62(55)47-28-14-5-15-29-47/h1-40H. The van der Waals surface area contributed by atoms with Gasteiger partial charge >= 0.3 is 0 Å². The maximum atomic E-state index is 5.46. The first-order valence-electron chi connectivity index (χ1n) is 21.5. The van der Waals surface area contributed by atoms with Crippen LogP contribution in [0.2, 0.25) is 0 Å². The van der Waals surface area contributed by atoms with Crippen molar-refractivity contribution in [1.29, 1.82) is 0 Å². The van der Waals surface area contributed by atoms with Crippen LogP contribution in [0.25, 0.3) is 61.1 Å². The molecule has 0 radical (unpaired) electrons. The summed E-state index contributed by atoms with van der Waals surface area (Å²) in [5, 5.41) is 2.43. The lowest BCUT2D eigenvalue weighted by Gasteiger charge is -2.46. The van der Waals surface area contributed by atoms with Gasteiger partial charge in [0.05, 0.1) is 39.2 Å². The van der Waals surface area contributed by atoms with E-state index in [-0.39, 0.29) is 0 Å². The van der Waals surface area contributed by atoms with Gasteiger partial charge in [-0.15, -0.1) is 0 Å². The van der Waals surface area contributed by atoms with Crippen molar-refractivity contribution < 1.29 is 0 Å². The molecule has 0 amide bonds. The minimum Gasteiger partial charge on any atom is -0.309 e. The van der Waals surface area contributed by atoms with Crippen molar-refractivity contribution in [3.05, 3.63) is 265 Å². The molecule has 0 unspecified atom stereocenters. The summed E-state index contributed by atoms with van der Waals surface area (Å²) >= 11 is 0. The second-order valence-corrected chi connectivity index (χ2v) is 16.2. The molecule has 0 aliphatic carbocycles. The smallest absolute Gasteiger partial charge is 0.235 e. The summed E-state index contributed by atoms with van der Waals surface area (Å²) in [5.41, 5.74) is 15.6. The Morgan fingerprint density at radius 1 is 0.333 bits per heavy atom. The Hall–Kier alpha value is -8.34. The van der Waals surface area contributed by atoms with Crippen molar-refractivity contribution in [2.24, 2.45) is 0 Å². The highest BCUT2D eigenvalue weighted by atomic mass is 15.3. The van der Waals surface area contributed by atoms with Crippen LogP contribution < -0.4 is 4.90 Å². The number of para-hydroxylation sites is 3. The highest BCUT2D eigenvalue weighted by Crippen LogP contribution is 2.58. The summed E-state index contributed by atoms with van der Waals surface area (Å²) in [6, 6.07) is 87.0. The Balaban J connectivity index is 1.15. The molecule has 3 heterocycles. The van der Waals surface area contributed by atoms with Crippen LogP contribution in [0.15, 0.2) is 243 Å². The molecule has 0 spiro atoms. The molecule has 12 rings (SSSR count). The van der Waals surface area contributed by atoms with E-state index in [0.29, 0.717) is 5.95 Å². The van der Waals surface area contributed by atoms with E-state index in [1.54, 1.807) is 0 Å². The third-order valence-electron chi connectivity index (χ3n) is 12.7. The van der Waals surface area contributed by atoms with Gasteiger partial charge in [-0.1, -0.05) is 194 Å². The molecule has 11 aromatic rings. The van der Waals surface area contributed by atoms with Gasteiger partial charge in [0, 0.05) is 27.6 Å². The number of fused-ring (bicyclic) bond motifs is 5. The van der Waals surface area contributed by atoms with Crippen LogP contribution in [0.1, 0.15) is 22.3 Å². The lowest BCUT2D eigenvalue weighted by molar-refractivity contribution is 0.729. The summed E-state index contributed by atoms with van der Waals surface area (Å²) in [6.07, 6.45) is 0. The van der Waals surface area contributed by atoms with E-state index in [9.17, 15) is 0 Å². The van der Waals surface area contributed by atoms with Gasteiger partial charge in [0.15, 0.2) is 0 Å². The lowest BCUT2D eigenvalue weighted by atomic mass is 9.62. The number of aromatic nitrogens is 3. The predicted molar refractivity (Wildman–Crippen MR) is 259 cm³/mol. The SMILES string of the molecule is c1ccc(-c2cc(-c3ccccc3)nc(N3c4ccccc4C(c4ccccc4)(c4ccccc4)c4ccc(-c5ccc6c(c5)c5ccccc5n6-c5ccccc5)cc43)n2)cc1. The number of rotatable bonds is 7. The van der Waals surface area contributed by atoms with Gasteiger partial charge < -0.3 is 4.57 Å². The van der Waals surface area contributed by atoms with Gasteiger partial charge in [-0.2, -0.15) is 0 Å². The molecule has 4 nitrogen and oxygen atoms in total. The van der Waals surface area contributed by atoms with E-state index in [1.165, 1.54) is 32.9 Å². The lowest BCUT2D eigenvalue weighted by Crippen LogP contribution is -2.38. The Labute approximate surface area is 366 Å². The van der Waals surface area contributed by atoms with Crippen LogP contribution in [0, 0.1) is 0 Å². The molecular weight excluding hydrogens is 765 g/mol. The van der Waals surface area contributed by atoms with Gasteiger partial charge in [0.2, 0.25) is 5.95 Å². The molecule has 0 saturated carbocycles. The quantitative estimate of drug-likeness (QED) is 0.161. The van der Waals surface area contributed by atoms with Crippen molar-refractivity contribution in [3.8, 4) is 39.3 Å². The summed E-state index contributed by atoms with van der Waals surface area (Å²) in [6.45, 7) is 0. The number of anilines is 3. The van der Waals surface area contributed by atoms with E-state index in [4.69, 9.17) is 9.97 Å². The van der Waals surface area contributed by atoms with Crippen LogP contribution in [-0.4, -0.2) is 14.5 Å². The van der Waals surface area contributed by atoms with Gasteiger partial charge in [0.25, 0.3) is 0 Å². The zero-order chi connectivity index (χ0) is 41.7. The fourth-order valence-corrected chi connectivity index (χ4v) is 9.91. The Kier molecular flexibility index (Phi) is 8.68. The first kappa shape index (κ1) is 36.5.